The zero-order valence-electron chi connectivity index (χ0n) is 11.4. The molecule has 0 spiro atoms. The van der Waals surface area contributed by atoms with Crippen molar-refractivity contribution in [1.29, 1.82) is 0 Å². The van der Waals surface area contributed by atoms with Gasteiger partial charge in [0.15, 0.2) is 5.96 Å². The van der Waals surface area contributed by atoms with E-state index in [0.29, 0.717) is 16.7 Å². The van der Waals surface area contributed by atoms with Crippen molar-refractivity contribution in [3.05, 3.63) is 29.3 Å². The summed E-state index contributed by atoms with van der Waals surface area (Å²) in [6, 6.07) is 7.09. The summed E-state index contributed by atoms with van der Waals surface area (Å²) in [6.07, 6.45) is 4.78. The maximum absolute atomic E-state index is 5.99. The Morgan fingerprint density at radius 2 is 1.60 bits per heavy atom. The van der Waals surface area contributed by atoms with Crippen molar-refractivity contribution in [3.63, 3.8) is 0 Å². The lowest BCUT2D eigenvalue weighted by Crippen LogP contribution is -2.39. The molecule has 0 bridgehead atoms. The lowest BCUT2D eigenvalue weighted by atomic mass is 10.2. The summed E-state index contributed by atoms with van der Waals surface area (Å²) < 4.78 is 0. The van der Waals surface area contributed by atoms with Crippen molar-refractivity contribution in [2.75, 3.05) is 13.1 Å². The van der Waals surface area contributed by atoms with E-state index in [4.69, 9.17) is 23.1 Å². The Hall–Kier alpha value is -1.75. The van der Waals surface area contributed by atoms with E-state index in [1.807, 2.05) is 0 Å². The summed E-state index contributed by atoms with van der Waals surface area (Å²) in [6.45, 7) is 1.87. The van der Waals surface area contributed by atoms with Gasteiger partial charge in [-0.05, 0) is 37.1 Å². The number of aliphatic imine (C=N–C) groups is 2. The molecule has 1 aromatic carbocycles. The second kappa shape index (κ2) is 7.14. The highest BCUT2D eigenvalue weighted by atomic mass is 35.5. The Morgan fingerprint density at radius 3 is 2.20 bits per heavy atom. The Kier molecular flexibility index (Phi) is 5.24. The first-order chi connectivity index (χ1) is 9.65. The number of likely N-dealkylation sites (tertiary alicyclic amines) is 1. The van der Waals surface area contributed by atoms with E-state index in [2.05, 4.69) is 14.9 Å². The molecule has 1 heterocycles. The molecule has 108 valence electrons. The lowest BCUT2D eigenvalue weighted by molar-refractivity contribution is 0.431. The largest absolute Gasteiger partial charge is 0.369 e. The SMILES string of the molecule is NC(=Nc1ccc(Cl)cc1)N=C(N)N1CCCCCC1. The Morgan fingerprint density at radius 1 is 1.00 bits per heavy atom. The summed E-state index contributed by atoms with van der Waals surface area (Å²) in [5, 5.41) is 0.662. The van der Waals surface area contributed by atoms with Gasteiger partial charge in [-0.15, -0.1) is 0 Å². The quantitative estimate of drug-likeness (QED) is 0.616. The Balaban J connectivity index is 2.05. The highest BCUT2D eigenvalue weighted by Crippen LogP contribution is 2.16. The number of halogens is 1. The van der Waals surface area contributed by atoms with Crippen LogP contribution in [0, 0.1) is 0 Å². The van der Waals surface area contributed by atoms with Gasteiger partial charge in [-0.1, -0.05) is 24.4 Å². The first kappa shape index (κ1) is 14.7. The molecule has 0 saturated carbocycles. The number of rotatable bonds is 1. The van der Waals surface area contributed by atoms with E-state index in [1.54, 1.807) is 24.3 Å². The molecule has 20 heavy (non-hydrogen) atoms. The predicted octanol–water partition coefficient (Wildman–Crippen LogP) is 2.48. The second-order valence-corrected chi connectivity index (χ2v) is 5.25. The fourth-order valence-electron chi connectivity index (χ4n) is 2.16. The van der Waals surface area contributed by atoms with Crippen LogP contribution in [-0.4, -0.2) is 29.9 Å². The smallest absolute Gasteiger partial charge is 0.223 e. The first-order valence-electron chi connectivity index (χ1n) is 6.84. The molecule has 1 saturated heterocycles. The van der Waals surface area contributed by atoms with E-state index in [-0.39, 0.29) is 5.96 Å². The van der Waals surface area contributed by atoms with E-state index in [0.717, 1.165) is 25.9 Å². The van der Waals surface area contributed by atoms with Crippen molar-refractivity contribution in [2.45, 2.75) is 25.7 Å². The molecule has 0 aliphatic carbocycles. The van der Waals surface area contributed by atoms with E-state index in [1.165, 1.54) is 12.8 Å². The fourth-order valence-corrected chi connectivity index (χ4v) is 2.29. The Bertz CT molecular complexity index is 487. The monoisotopic (exact) mass is 293 g/mol. The van der Waals surface area contributed by atoms with Crippen molar-refractivity contribution in [2.24, 2.45) is 21.5 Å². The molecule has 0 aromatic heterocycles. The van der Waals surface area contributed by atoms with E-state index < -0.39 is 0 Å². The molecule has 2 rings (SSSR count). The number of benzene rings is 1. The van der Waals surface area contributed by atoms with E-state index >= 15 is 0 Å². The standard InChI is InChI=1S/C14H20ClN5/c15-11-5-7-12(8-6-11)18-13(16)19-14(17)20-9-3-1-2-4-10-20/h5-8H,1-4,9-10H2,(H4,16,17,18,19). The maximum Gasteiger partial charge on any atom is 0.223 e. The number of nitrogens with zero attached hydrogens (tertiary/aromatic N) is 3. The average Bonchev–Trinajstić information content (AvgIpc) is 2.70. The minimum absolute atomic E-state index is 0.161. The van der Waals surface area contributed by atoms with Crippen molar-refractivity contribution < 1.29 is 0 Å². The highest BCUT2D eigenvalue weighted by Gasteiger charge is 2.11. The Labute approximate surface area is 124 Å². The molecule has 0 radical (unpaired) electrons. The van der Waals surface area contributed by atoms with Crippen LogP contribution in [0.15, 0.2) is 34.3 Å². The lowest BCUT2D eigenvalue weighted by Gasteiger charge is -2.20. The van der Waals surface area contributed by atoms with Crippen molar-refractivity contribution >= 4 is 29.2 Å². The van der Waals surface area contributed by atoms with E-state index in [9.17, 15) is 0 Å². The highest BCUT2D eigenvalue weighted by molar-refractivity contribution is 6.30. The second-order valence-electron chi connectivity index (χ2n) is 4.82. The van der Waals surface area contributed by atoms with Crippen molar-refractivity contribution in [3.8, 4) is 0 Å². The molecule has 1 aliphatic heterocycles. The summed E-state index contributed by atoms with van der Waals surface area (Å²) in [5.41, 5.74) is 12.5. The number of hydrogen-bond acceptors (Lipinski definition) is 1. The van der Waals surface area contributed by atoms with Crippen LogP contribution in [0.1, 0.15) is 25.7 Å². The third-order valence-corrected chi connectivity index (χ3v) is 3.48. The van der Waals surface area contributed by atoms with Gasteiger partial charge >= 0.3 is 0 Å². The molecular formula is C14H20ClN5. The van der Waals surface area contributed by atoms with Crippen LogP contribution < -0.4 is 11.5 Å². The van der Waals surface area contributed by atoms with Gasteiger partial charge in [-0.3, -0.25) is 0 Å². The number of guanidine groups is 2. The molecule has 6 heteroatoms. The fraction of sp³-hybridized carbons (Fsp3) is 0.429. The predicted molar refractivity (Wildman–Crippen MR) is 84.4 cm³/mol. The van der Waals surface area contributed by atoms with Gasteiger partial charge in [0.2, 0.25) is 5.96 Å². The van der Waals surface area contributed by atoms with Crippen LogP contribution in [0.5, 0.6) is 0 Å². The van der Waals surface area contributed by atoms with Crippen LogP contribution in [0.25, 0.3) is 0 Å². The summed E-state index contributed by atoms with van der Waals surface area (Å²) in [7, 11) is 0. The van der Waals surface area contributed by atoms with Crippen LogP contribution in [-0.2, 0) is 0 Å². The van der Waals surface area contributed by atoms with Gasteiger partial charge in [-0.25, -0.2) is 4.99 Å². The summed E-state index contributed by atoms with van der Waals surface area (Å²) >= 11 is 5.82. The molecule has 1 fully saturated rings. The molecule has 5 nitrogen and oxygen atoms in total. The molecule has 0 amide bonds. The van der Waals surface area contributed by atoms with Gasteiger partial charge in [0.05, 0.1) is 5.69 Å². The normalized spacial score (nSPS) is 17.9. The third-order valence-electron chi connectivity index (χ3n) is 3.23. The number of hydrogen-bond donors (Lipinski definition) is 2. The van der Waals surface area contributed by atoms with Gasteiger partial charge in [0.25, 0.3) is 0 Å². The van der Waals surface area contributed by atoms with Gasteiger partial charge in [0, 0.05) is 18.1 Å². The molecule has 1 aromatic rings. The minimum atomic E-state index is 0.161. The van der Waals surface area contributed by atoms with Crippen LogP contribution in [0.3, 0.4) is 0 Å². The first-order valence-corrected chi connectivity index (χ1v) is 7.22. The number of nitrogens with two attached hydrogens (primary N) is 2. The van der Waals surface area contributed by atoms with Gasteiger partial charge in [-0.2, -0.15) is 4.99 Å². The van der Waals surface area contributed by atoms with Crippen LogP contribution in [0.2, 0.25) is 5.02 Å². The molecule has 0 atom stereocenters. The van der Waals surface area contributed by atoms with Crippen LogP contribution in [0.4, 0.5) is 5.69 Å². The molecule has 0 unspecified atom stereocenters. The molecule has 4 N–H and O–H groups in total. The van der Waals surface area contributed by atoms with Gasteiger partial charge < -0.3 is 16.4 Å². The van der Waals surface area contributed by atoms with Crippen LogP contribution >= 0.6 is 11.6 Å². The zero-order chi connectivity index (χ0) is 14.4. The third kappa shape index (κ3) is 4.42. The zero-order valence-corrected chi connectivity index (χ0v) is 12.2. The van der Waals surface area contributed by atoms with Gasteiger partial charge in [0.1, 0.15) is 0 Å². The van der Waals surface area contributed by atoms with Crippen molar-refractivity contribution in [1.82, 2.24) is 4.90 Å². The minimum Gasteiger partial charge on any atom is -0.369 e. The molecular weight excluding hydrogens is 274 g/mol. The summed E-state index contributed by atoms with van der Waals surface area (Å²) in [4.78, 5) is 10.4. The molecule has 1 aliphatic rings. The summed E-state index contributed by atoms with van der Waals surface area (Å²) in [5.74, 6) is 0.608. The topological polar surface area (TPSA) is 80.0 Å². The maximum atomic E-state index is 5.99. The average molecular weight is 294 g/mol.